The van der Waals surface area contributed by atoms with Gasteiger partial charge in [-0.2, -0.15) is 0 Å². The molecule has 6 heteroatoms. The average molecular weight is 328 g/mol. The molecule has 0 unspecified atom stereocenters. The largest absolute Gasteiger partial charge is 0.365 e. The second-order valence-corrected chi connectivity index (χ2v) is 7.16. The van der Waals surface area contributed by atoms with E-state index in [-0.39, 0.29) is 11.9 Å². The van der Waals surface area contributed by atoms with Gasteiger partial charge in [0.1, 0.15) is 12.1 Å². The van der Waals surface area contributed by atoms with Crippen molar-refractivity contribution in [3.05, 3.63) is 40.0 Å². The summed E-state index contributed by atoms with van der Waals surface area (Å²) in [5.41, 5.74) is 2.46. The van der Waals surface area contributed by atoms with Gasteiger partial charge in [0.2, 0.25) is 0 Å². The summed E-state index contributed by atoms with van der Waals surface area (Å²) in [5.74, 6) is 1.13. The highest BCUT2D eigenvalue weighted by Crippen LogP contribution is 2.27. The number of nitrogens with one attached hydrogen (secondary N) is 1. The summed E-state index contributed by atoms with van der Waals surface area (Å²) in [7, 11) is 0. The van der Waals surface area contributed by atoms with E-state index in [1.165, 1.54) is 22.6 Å². The molecule has 1 saturated heterocycles. The Morgan fingerprint density at radius 1 is 1.30 bits per heavy atom. The average Bonchev–Trinajstić information content (AvgIpc) is 3.26. The Morgan fingerprint density at radius 3 is 3.13 bits per heavy atom. The van der Waals surface area contributed by atoms with E-state index >= 15 is 0 Å². The number of amides is 1. The number of hydrogen-bond acceptors (Lipinski definition) is 5. The first kappa shape index (κ1) is 14.6. The smallest absolute Gasteiger partial charge is 0.263 e. The zero-order valence-electron chi connectivity index (χ0n) is 13.0. The standard InChI is InChI=1S/C17H20N4OS/c22-17(15-7-3-9-23-15)21-8-2-4-12(10-21)20-16-13-5-1-6-14(13)18-11-19-16/h3,7,9,11-12H,1-2,4-6,8,10H2,(H,18,19,20)/t12-/m0/s1. The maximum atomic E-state index is 12.5. The second kappa shape index (κ2) is 6.28. The first-order valence-corrected chi connectivity index (χ1v) is 9.11. The Balaban J connectivity index is 1.46. The zero-order valence-corrected chi connectivity index (χ0v) is 13.8. The van der Waals surface area contributed by atoms with Crippen LogP contribution in [-0.4, -0.2) is 39.9 Å². The van der Waals surface area contributed by atoms with Crippen molar-refractivity contribution in [2.24, 2.45) is 0 Å². The first-order chi connectivity index (χ1) is 11.3. The highest BCUT2D eigenvalue weighted by molar-refractivity contribution is 7.12. The summed E-state index contributed by atoms with van der Waals surface area (Å²) in [5, 5.41) is 5.53. The van der Waals surface area contributed by atoms with Crippen molar-refractivity contribution in [2.45, 2.75) is 38.1 Å². The number of fused-ring (bicyclic) bond motifs is 1. The molecule has 1 aliphatic heterocycles. The van der Waals surface area contributed by atoms with Crippen molar-refractivity contribution in [2.75, 3.05) is 18.4 Å². The quantitative estimate of drug-likeness (QED) is 0.941. The molecule has 2 aromatic heterocycles. The normalized spacial score (nSPS) is 20.3. The van der Waals surface area contributed by atoms with Crippen LogP contribution in [0.15, 0.2) is 23.8 Å². The van der Waals surface area contributed by atoms with Crippen LogP contribution in [0.5, 0.6) is 0 Å². The highest BCUT2D eigenvalue weighted by Gasteiger charge is 2.26. The van der Waals surface area contributed by atoms with E-state index in [0.717, 1.165) is 55.9 Å². The molecule has 0 aromatic carbocycles. The number of thiophene rings is 1. The van der Waals surface area contributed by atoms with E-state index in [1.54, 1.807) is 6.33 Å². The van der Waals surface area contributed by atoms with E-state index in [1.807, 2.05) is 22.4 Å². The third kappa shape index (κ3) is 2.95. The van der Waals surface area contributed by atoms with E-state index in [0.29, 0.717) is 0 Å². The molecule has 0 bridgehead atoms. The van der Waals surface area contributed by atoms with Gasteiger partial charge in [-0.3, -0.25) is 4.79 Å². The minimum Gasteiger partial charge on any atom is -0.365 e. The van der Waals surface area contributed by atoms with Crippen LogP contribution in [0, 0.1) is 0 Å². The molecule has 1 aliphatic carbocycles. The van der Waals surface area contributed by atoms with Crippen LogP contribution in [-0.2, 0) is 12.8 Å². The minimum atomic E-state index is 0.152. The summed E-state index contributed by atoms with van der Waals surface area (Å²) >= 11 is 1.51. The summed E-state index contributed by atoms with van der Waals surface area (Å²) in [6.45, 7) is 1.59. The van der Waals surface area contributed by atoms with Crippen molar-refractivity contribution in [1.29, 1.82) is 0 Å². The van der Waals surface area contributed by atoms with Crippen LogP contribution < -0.4 is 5.32 Å². The number of aryl methyl sites for hydroxylation is 1. The lowest BCUT2D eigenvalue weighted by molar-refractivity contribution is 0.0719. The Hall–Kier alpha value is -1.95. The van der Waals surface area contributed by atoms with E-state index in [4.69, 9.17) is 0 Å². The van der Waals surface area contributed by atoms with E-state index in [9.17, 15) is 4.79 Å². The number of likely N-dealkylation sites (tertiary alicyclic amines) is 1. The molecule has 4 rings (SSSR count). The van der Waals surface area contributed by atoms with Crippen LogP contribution in [0.3, 0.4) is 0 Å². The number of carbonyl (C=O) groups excluding carboxylic acids is 1. The third-order valence-electron chi connectivity index (χ3n) is 4.66. The molecule has 1 atom stereocenters. The summed E-state index contributed by atoms with van der Waals surface area (Å²) in [6.07, 6.45) is 7.04. The third-order valence-corrected chi connectivity index (χ3v) is 5.51. The predicted octanol–water partition coefficient (Wildman–Crippen LogP) is 2.74. The van der Waals surface area contributed by atoms with Gasteiger partial charge in [0.25, 0.3) is 5.91 Å². The van der Waals surface area contributed by atoms with Gasteiger partial charge < -0.3 is 10.2 Å². The maximum absolute atomic E-state index is 12.5. The fourth-order valence-corrected chi connectivity index (χ4v) is 4.20. The molecular weight excluding hydrogens is 308 g/mol. The first-order valence-electron chi connectivity index (χ1n) is 8.23. The number of nitrogens with zero attached hydrogens (tertiary/aromatic N) is 3. The van der Waals surface area contributed by atoms with Gasteiger partial charge in [-0.1, -0.05) is 6.07 Å². The van der Waals surface area contributed by atoms with Crippen LogP contribution >= 0.6 is 11.3 Å². The van der Waals surface area contributed by atoms with Gasteiger partial charge in [-0.15, -0.1) is 11.3 Å². The molecule has 2 aromatic rings. The lowest BCUT2D eigenvalue weighted by Crippen LogP contribution is -2.45. The molecule has 0 saturated carbocycles. The Morgan fingerprint density at radius 2 is 2.26 bits per heavy atom. The topological polar surface area (TPSA) is 58.1 Å². The maximum Gasteiger partial charge on any atom is 0.263 e. The Kier molecular flexibility index (Phi) is 3.99. The number of anilines is 1. The molecule has 0 radical (unpaired) electrons. The molecule has 0 spiro atoms. The van der Waals surface area contributed by atoms with E-state index in [2.05, 4.69) is 15.3 Å². The Labute approximate surface area is 139 Å². The highest BCUT2D eigenvalue weighted by atomic mass is 32.1. The molecule has 23 heavy (non-hydrogen) atoms. The van der Waals surface area contributed by atoms with Gasteiger partial charge in [0.05, 0.1) is 4.88 Å². The van der Waals surface area contributed by atoms with Crippen molar-refractivity contribution >= 4 is 23.1 Å². The molecule has 2 aliphatic rings. The summed E-state index contributed by atoms with van der Waals surface area (Å²) in [6, 6.07) is 4.11. The van der Waals surface area contributed by atoms with Crippen molar-refractivity contribution in [3.8, 4) is 0 Å². The number of carbonyl (C=O) groups is 1. The monoisotopic (exact) mass is 328 g/mol. The summed E-state index contributed by atoms with van der Waals surface area (Å²) in [4.78, 5) is 24.1. The van der Waals surface area contributed by atoms with Crippen LogP contribution in [0.2, 0.25) is 0 Å². The minimum absolute atomic E-state index is 0.152. The van der Waals surface area contributed by atoms with Gasteiger partial charge in [0, 0.05) is 30.4 Å². The Bertz CT molecular complexity index is 701. The molecule has 5 nitrogen and oxygen atoms in total. The number of aromatic nitrogens is 2. The number of hydrogen-bond donors (Lipinski definition) is 1. The molecule has 120 valence electrons. The molecular formula is C17H20N4OS. The number of rotatable bonds is 3. The summed E-state index contributed by atoms with van der Waals surface area (Å²) < 4.78 is 0. The predicted molar refractivity (Wildman–Crippen MR) is 90.9 cm³/mol. The number of piperidine rings is 1. The van der Waals surface area contributed by atoms with Crippen LogP contribution in [0.1, 0.15) is 40.2 Å². The SMILES string of the molecule is O=C(c1cccs1)N1CCC[C@H](Nc2ncnc3c2CCC3)C1. The fourth-order valence-electron chi connectivity index (χ4n) is 3.51. The van der Waals surface area contributed by atoms with Gasteiger partial charge >= 0.3 is 0 Å². The van der Waals surface area contributed by atoms with Crippen molar-refractivity contribution in [1.82, 2.24) is 14.9 Å². The lowest BCUT2D eigenvalue weighted by atomic mass is 10.0. The fraction of sp³-hybridized carbons (Fsp3) is 0.471. The molecule has 1 fully saturated rings. The van der Waals surface area contributed by atoms with Gasteiger partial charge in [-0.25, -0.2) is 9.97 Å². The molecule has 1 N–H and O–H groups in total. The zero-order chi connectivity index (χ0) is 15.6. The van der Waals surface area contributed by atoms with Crippen molar-refractivity contribution in [3.63, 3.8) is 0 Å². The van der Waals surface area contributed by atoms with Gasteiger partial charge in [-0.05, 0) is 43.6 Å². The van der Waals surface area contributed by atoms with Crippen LogP contribution in [0.4, 0.5) is 5.82 Å². The van der Waals surface area contributed by atoms with E-state index < -0.39 is 0 Å². The van der Waals surface area contributed by atoms with Gasteiger partial charge in [0.15, 0.2) is 0 Å². The van der Waals surface area contributed by atoms with Crippen LogP contribution in [0.25, 0.3) is 0 Å². The lowest BCUT2D eigenvalue weighted by Gasteiger charge is -2.33. The second-order valence-electron chi connectivity index (χ2n) is 6.21. The molecule has 1 amide bonds. The van der Waals surface area contributed by atoms with Crippen molar-refractivity contribution < 1.29 is 4.79 Å². The molecule has 3 heterocycles.